The maximum absolute atomic E-state index is 12.3. The van der Waals surface area contributed by atoms with Crippen LogP contribution in [0.2, 0.25) is 0 Å². The molecule has 4 aliphatic rings. The van der Waals surface area contributed by atoms with E-state index in [4.69, 9.17) is 24.8 Å². The summed E-state index contributed by atoms with van der Waals surface area (Å²) < 4.78 is 72.6. The third-order valence-electron chi connectivity index (χ3n) is 20.1. The van der Waals surface area contributed by atoms with E-state index in [0.717, 1.165) is 156 Å². The van der Waals surface area contributed by atoms with Gasteiger partial charge in [0.15, 0.2) is 15.6 Å². The number of sulfone groups is 1. The van der Waals surface area contributed by atoms with E-state index in [2.05, 4.69) is 82.0 Å². The summed E-state index contributed by atoms with van der Waals surface area (Å²) in [6, 6.07) is 17.2. The van der Waals surface area contributed by atoms with Crippen LogP contribution in [0.5, 0.6) is 0 Å². The first-order valence-corrected chi connectivity index (χ1v) is 37.6. The summed E-state index contributed by atoms with van der Waals surface area (Å²) in [6.07, 6.45) is 29.6. The van der Waals surface area contributed by atoms with Gasteiger partial charge in [0.25, 0.3) is 0 Å². The number of rotatable bonds is 23. The molecule has 0 amide bonds. The van der Waals surface area contributed by atoms with Gasteiger partial charge in [-0.25, -0.2) is 36.9 Å². The van der Waals surface area contributed by atoms with Crippen LogP contribution >= 0.6 is 0 Å². The van der Waals surface area contributed by atoms with Gasteiger partial charge in [0.1, 0.15) is 6.04 Å². The Morgan fingerprint density at radius 1 is 0.578 bits per heavy atom. The van der Waals surface area contributed by atoms with Crippen LogP contribution in [0.15, 0.2) is 109 Å². The van der Waals surface area contributed by atoms with Gasteiger partial charge in [-0.05, 0) is 164 Å². The molecule has 0 aliphatic heterocycles. The molecule has 9 heterocycles. The second-order valence-electron chi connectivity index (χ2n) is 28.3. The molecule has 4 atom stereocenters. The number of ketones is 1. The number of carbonyl (C=O) groups excluding carboxylic acids is 1. The number of halogens is 2. The van der Waals surface area contributed by atoms with Gasteiger partial charge in [-0.3, -0.25) is 19.1 Å². The van der Waals surface area contributed by atoms with Gasteiger partial charge >= 0.3 is 6.61 Å². The number of methoxy groups -OCH3 is 2. The number of hydrogen-bond acceptors (Lipinski definition) is 20. The van der Waals surface area contributed by atoms with Gasteiger partial charge in [0, 0.05) is 132 Å². The fourth-order valence-corrected chi connectivity index (χ4v) is 15.3. The third-order valence-corrected chi connectivity index (χ3v) is 21.2. The Bertz CT molecular complexity index is 4570. The van der Waals surface area contributed by atoms with Crippen molar-refractivity contribution in [2.75, 3.05) is 56.2 Å². The number of aliphatic hydroxyl groups is 2. The van der Waals surface area contributed by atoms with Crippen molar-refractivity contribution in [2.45, 2.75) is 203 Å². The Morgan fingerprint density at radius 3 is 1.49 bits per heavy atom. The predicted octanol–water partition coefficient (Wildman–Crippen LogP) is 12.3. The summed E-state index contributed by atoms with van der Waals surface area (Å²) in [5, 5.41) is 53.2. The maximum Gasteiger partial charge on any atom is 0.345 e. The summed E-state index contributed by atoms with van der Waals surface area (Å²) in [6.45, 7) is 8.81. The molecule has 4 saturated carbocycles. The lowest BCUT2D eigenvalue weighted by atomic mass is 9.81. The minimum Gasteiger partial charge on any atom is -0.393 e. The molecule has 0 saturated heterocycles. The second kappa shape index (κ2) is 32.8. The normalized spacial score (nSPS) is 21.2. The van der Waals surface area contributed by atoms with Crippen molar-refractivity contribution in [2.24, 2.45) is 5.92 Å². The number of nitrogens with one attached hydrogen (secondary N) is 3. The first-order chi connectivity index (χ1) is 49.1. The molecule has 5 N–H and O–H groups in total. The highest BCUT2D eigenvalue weighted by molar-refractivity contribution is 7.90. The van der Waals surface area contributed by atoms with Gasteiger partial charge in [-0.15, -0.1) is 15.3 Å². The molecule has 0 spiro atoms. The zero-order valence-corrected chi connectivity index (χ0v) is 60.2. The third kappa shape index (κ3) is 17.7. The summed E-state index contributed by atoms with van der Waals surface area (Å²) in [7, 11) is 0.114. The van der Waals surface area contributed by atoms with Gasteiger partial charge in [-0.2, -0.15) is 19.0 Å². The quantitative estimate of drug-likeness (QED) is 0.0397. The van der Waals surface area contributed by atoms with E-state index < -0.39 is 16.4 Å². The Kier molecular flexibility index (Phi) is 23.5. The molecule has 1 aromatic carbocycles. The number of aliphatic hydroxyl groups excluding tert-OH is 2. The fourth-order valence-electron chi connectivity index (χ4n) is 14.7. The van der Waals surface area contributed by atoms with Crippen molar-refractivity contribution in [3.63, 3.8) is 0 Å². The monoisotopic (exact) mass is 1420 g/mol. The summed E-state index contributed by atoms with van der Waals surface area (Å²) >= 11 is 0. The van der Waals surface area contributed by atoms with Gasteiger partial charge in [-0.1, -0.05) is 31.9 Å². The number of Topliss-reactive ketones (excluding diaryl/α,β-unsaturated/α-hetero) is 1. The van der Waals surface area contributed by atoms with Crippen LogP contribution in [0.3, 0.4) is 0 Å². The lowest BCUT2D eigenvalue weighted by Crippen LogP contribution is -2.25. The Labute approximate surface area is 593 Å². The molecule has 4 fully saturated rings. The molecule has 25 nitrogen and oxygen atoms in total. The molecule has 4 aliphatic carbocycles. The average molecular weight is 1420 g/mol. The number of aromatic nitrogens is 14. The molecule has 0 unspecified atom stereocenters. The number of nitrogens with zero attached hydrogens (tertiary/aromatic N) is 14. The van der Waals surface area contributed by atoms with Crippen LogP contribution in [0.25, 0.3) is 49.9 Å². The molecule has 14 rings (SSSR count). The standard InChI is InChI=1S/C27H34N6O4S.C24H32N6O3.C23H29F2N5O/c1-18(17-37-2)30-27-28-14-26-24(12-25(33(26)31-27)20-6-8-22(34)9-7-20)21-13-29-32(16-21)15-19-4-10-23(11-5-19)38(3,35)36;1-15(14-33-2)27-24-25-12-22-19(17-11-26-29(13-17)20-4-3-5-23(20)32)10-21(30(22)28-24)16-6-8-18(31)9-7-16;1-14-4-6-17(7-5-14)20-11-19(18-8-9-26-15(2)10-18)21-12-27-23(29-30(20)21)28-16(3)13-31-22(24)25/h4-5,10-14,16,18,20,22,34H,6-9,15,17H2,1-3H3,(H,30,31);10-13,15-16,18,20,31H,3-9,14H2,1-2H3,(H,27,28);8-12,14,16-17,22H,4-7,13H2,1-3H3,(H,28,29)/t18-,20?,22?;15-,16?,18?,20+;14?,16-,17?/m000/s1. The van der Waals surface area contributed by atoms with Gasteiger partial charge < -0.3 is 40.4 Å². The van der Waals surface area contributed by atoms with E-state index >= 15 is 0 Å². The minimum absolute atomic E-state index is 0.0606. The first kappa shape index (κ1) is 73.1. The molecular formula is C74H95F2N17O8S. The minimum atomic E-state index is -3.23. The molecule has 10 aromatic rings. The van der Waals surface area contributed by atoms with Crippen LogP contribution in [-0.4, -0.2) is 170 Å². The highest BCUT2D eigenvalue weighted by atomic mass is 32.2. The second-order valence-corrected chi connectivity index (χ2v) is 30.3. The summed E-state index contributed by atoms with van der Waals surface area (Å²) in [4.78, 5) is 30.4. The Hall–Kier alpha value is -8.67. The number of hydrogen-bond donors (Lipinski definition) is 5. The summed E-state index contributed by atoms with van der Waals surface area (Å²) in [5.74, 6) is 3.55. The first-order valence-electron chi connectivity index (χ1n) is 35.7. The molecule has 0 bridgehead atoms. The molecule has 9 aromatic heterocycles. The Morgan fingerprint density at radius 2 is 1.04 bits per heavy atom. The van der Waals surface area contributed by atoms with E-state index in [-0.39, 0.29) is 48.8 Å². The van der Waals surface area contributed by atoms with Crippen molar-refractivity contribution in [1.29, 1.82) is 0 Å². The highest BCUT2D eigenvalue weighted by Gasteiger charge is 2.31. The van der Waals surface area contributed by atoms with Crippen LogP contribution in [0, 0.1) is 12.8 Å². The number of anilines is 3. The predicted molar refractivity (Wildman–Crippen MR) is 386 cm³/mol. The van der Waals surface area contributed by atoms with Crippen molar-refractivity contribution in [3.8, 4) is 33.4 Å². The number of fused-ring (bicyclic) bond motifs is 3. The smallest absolute Gasteiger partial charge is 0.345 e. The van der Waals surface area contributed by atoms with Crippen molar-refractivity contribution < 1.29 is 46.4 Å². The van der Waals surface area contributed by atoms with Crippen LogP contribution < -0.4 is 16.0 Å². The number of alkyl halides is 2. The number of carbonyl (C=O) groups is 1. The van der Waals surface area contributed by atoms with Crippen LogP contribution in [0.4, 0.5) is 26.6 Å². The van der Waals surface area contributed by atoms with Crippen molar-refractivity contribution in [3.05, 3.63) is 133 Å². The van der Waals surface area contributed by atoms with E-state index in [1.807, 2.05) is 105 Å². The zero-order valence-electron chi connectivity index (χ0n) is 59.4. The largest absolute Gasteiger partial charge is 0.393 e. The lowest BCUT2D eigenvalue weighted by Gasteiger charge is -2.25. The Balaban J connectivity index is 0.000000145. The SMILES string of the molecule is COC[C@H](C)Nc1ncc2c(-c3cnn(Cc4ccc(S(C)(=O)=O)cc4)c3)cc(C3CCC(O)CC3)n2n1.COC[C@H](C)Nc1ncc2c(-c3cnn([C@@H]4CCCC4=O)c3)cc(C3CCC(O)CC3)n2n1.Cc1cc(-c2cc(C3CCC(C)CC3)n3nc(N[C@@H](C)COC(F)F)ncc23)ccn1. The van der Waals surface area contributed by atoms with Gasteiger partial charge in [0.2, 0.25) is 17.8 Å². The van der Waals surface area contributed by atoms with E-state index in [1.54, 1.807) is 39.5 Å². The topological polar surface area (TPSA) is 295 Å². The molecule has 0 radical (unpaired) electrons. The van der Waals surface area contributed by atoms with E-state index in [1.165, 1.54) is 24.8 Å². The molecular weight excluding hydrogens is 1320 g/mol. The highest BCUT2D eigenvalue weighted by Crippen LogP contribution is 2.42. The number of ether oxygens (including phenoxy) is 3. The average Bonchev–Trinajstić information content (AvgIpc) is 1.63. The van der Waals surface area contributed by atoms with Crippen molar-refractivity contribution >= 4 is 50.0 Å². The summed E-state index contributed by atoms with van der Waals surface area (Å²) in [5.41, 5.74) is 14.2. The number of pyridine rings is 1. The number of benzene rings is 1. The zero-order chi connectivity index (χ0) is 71.8. The van der Waals surface area contributed by atoms with E-state index in [9.17, 15) is 32.2 Å². The molecule has 544 valence electrons. The number of aryl methyl sites for hydroxylation is 1. The van der Waals surface area contributed by atoms with Crippen LogP contribution in [0.1, 0.15) is 176 Å². The molecule has 28 heteroatoms. The maximum atomic E-state index is 12.3. The molecule has 102 heavy (non-hydrogen) atoms. The fraction of sp³-hybridized carbons (Fsp3) is 0.514. The van der Waals surface area contributed by atoms with Crippen molar-refractivity contribution in [1.82, 2.24) is 68.3 Å². The van der Waals surface area contributed by atoms with Gasteiger partial charge in [0.05, 0.1) is 91.0 Å². The van der Waals surface area contributed by atoms with E-state index in [0.29, 0.717) is 66.7 Å². The van der Waals surface area contributed by atoms with Crippen LogP contribution in [-0.2, 0) is 35.4 Å². The lowest BCUT2D eigenvalue weighted by molar-refractivity contribution is -0.130.